The first kappa shape index (κ1) is 19.0. The molecule has 0 amide bonds. The smallest absolute Gasteiger partial charge is 0.184 e. The maximum absolute atomic E-state index is 13.1. The highest BCUT2D eigenvalue weighted by Gasteiger charge is 2.75. The number of benzene rings is 1. The zero-order chi connectivity index (χ0) is 21.1. The Morgan fingerprint density at radius 2 is 2.10 bits per heavy atom. The minimum Gasteiger partial charge on any atom is -0.366 e. The van der Waals surface area contributed by atoms with Gasteiger partial charge < -0.3 is 19.3 Å². The van der Waals surface area contributed by atoms with E-state index in [0.717, 1.165) is 32.1 Å². The Morgan fingerprint density at radius 1 is 1.23 bits per heavy atom. The van der Waals surface area contributed by atoms with E-state index in [1.807, 2.05) is 6.08 Å². The number of carbonyl (C=O) groups excluding carboxylic acids is 1. The zero-order valence-corrected chi connectivity index (χ0v) is 18.1. The molecule has 3 saturated heterocycles. The number of ketones is 1. The van der Waals surface area contributed by atoms with Crippen LogP contribution >= 0.6 is 0 Å². The largest absolute Gasteiger partial charge is 0.366 e. The van der Waals surface area contributed by atoms with Gasteiger partial charge in [-0.2, -0.15) is 0 Å². The quantitative estimate of drug-likeness (QED) is 0.740. The predicted octanol–water partition coefficient (Wildman–Crippen LogP) is 3.39. The summed E-state index contributed by atoms with van der Waals surface area (Å²) in [5.41, 5.74) is 3.46. The highest BCUT2D eigenvalue weighted by Crippen LogP contribution is 2.69. The molecule has 3 aliphatic heterocycles. The molecule has 1 N–H and O–H groups in total. The minimum atomic E-state index is -0.798. The third-order valence-corrected chi connectivity index (χ3v) is 9.65. The SMILES string of the molecule is C[C@@H](c1ccc2c(c1)CC[C@H]1[C@H]2C[C@@H]2O[C@@]23CC=CC(=O)[C@]13C)[C@@H]1C[C@@H]2O[C@@H]2[C@H](O)O1. The fraction of sp³-hybridized carbons (Fsp3) is 0.654. The summed E-state index contributed by atoms with van der Waals surface area (Å²) in [6.07, 6.45) is 8.05. The topological polar surface area (TPSA) is 71.6 Å². The van der Waals surface area contributed by atoms with Gasteiger partial charge in [0.05, 0.1) is 23.7 Å². The Hall–Kier alpha value is -1.53. The molecule has 5 nitrogen and oxygen atoms in total. The Balaban J connectivity index is 1.19. The van der Waals surface area contributed by atoms with Crippen LogP contribution in [0.3, 0.4) is 0 Å². The van der Waals surface area contributed by atoms with Crippen LogP contribution in [0.5, 0.6) is 0 Å². The van der Waals surface area contributed by atoms with E-state index >= 15 is 0 Å². The van der Waals surface area contributed by atoms with Gasteiger partial charge in [-0.3, -0.25) is 4.79 Å². The number of aliphatic hydroxyl groups excluding tert-OH is 1. The highest BCUT2D eigenvalue weighted by atomic mass is 16.7. The summed E-state index contributed by atoms with van der Waals surface area (Å²) < 4.78 is 17.7. The van der Waals surface area contributed by atoms with Crippen LogP contribution < -0.4 is 0 Å². The summed E-state index contributed by atoms with van der Waals surface area (Å²) >= 11 is 0. The summed E-state index contributed by atoms with van der Waals surface area (Å²) in [5, 5.41) is 10.1. The molecule has 3 aliphatic carbocycles. The van der Waals surface area contributed by atoms with Gasteiger partial charge in [0.15, 0.2) is 12.1 Å². The molecule has 6 aliphatic rings. The van der Waals surface area contributed by atoms with Gasteiger partial charge in [-0.05, 0) is 67.2 Å². The number of hydrogen-bond donors (Lipinski definition) is 1. The van der Waals surface area contributed by atoms with Crippen molar-refractivity contribution in [3.05, 3.63) is 47.0 Å². The second-order valence-electron chi connectivity index (χ2n) is 10.8. The Kier molecular flexibility index (Phi) is 3.72. The molecule has 31 heavy (non-hydrogen) atoms. The molecule has 1 aromatic carbocycles. The van der Waals surface area contributed by atoms with Crippen molar-refractivity contribution in [1.82, 2.24) is 0 Å². The van der Waals surface area contributed by atoms with Gasteiger partial charge in [-0.25, -0.2) is 0 Å². The van der Waals surface area contributed by atoms with Crippen molar-refractivity contribution in [2.24, 2.45) is 11.3 Å². The molecular formula is C26H30O5. The van der Waals surface area contributed by atoms with Crippen LogP contribution in [0.1, 0.15) is 68.1 Å². The van der Waals surface area contributed by atoms with Gasteiger partial charge in [0.1, 0.15) is 11.7 Å². The lowest BCUT2D eigenvalue weighted by Crippen LogP contribution is -2.56. The second kappa shape index (κ2) is 6.07. The molecule has 0 bridgehead atoms. The lowest BCUT2D eigenvalue weighted by molar-refractivity contribution is -0.160. The maximum atomic E-state index is 13.1. The number of carbonyl (C=O) groups is 1. The molecule has 10 atom stereocenters. The fourth-order valence-corrected chi connectivity index (χ4v) is 7.63. The van der Waals surface area contributed by atoms with Crippen molar-refractivity contribution in [3.63, 3.8) is 0 Å². The Labute approximate surface area is 182 Å². The van der Waals surface area contributed by atoms with Crippen molar-refractivity contribution < 1.29 is 24.1 Å². The second-order valence-corrected chi connectivity index (χ2v) is 10.8. The van der Waals surface area contributed by atoms with Crippen molar-refractivity contribution in [2.75, 3.05) is 0 Å². The van der Waals surface area contributed by atoms with Crippen molar-refractivity contribution in [3.8, 4) is 0 Å². The van der Waals surface area contributed by atoms with Crippen LogP contribution in [0.25, 0.3) is 0 Å². The van der Waals surface area contributed by atoms with E-state index < -0.39 is 11.7 Å². The monoisotopic (exact) mass is 422 g/mol. The number of aliphatic hydroxyl groups is 1. The van der Waals surface area contributed by atoms with Crippen molar-refractivity contribution in [1.29, 1.82) is 0 Å². The normalized spacial score (nSPS) is 49.8. The molecule has 0 unspecified atom stereocenters. The standard InChI is InChI=1S/C26H30O5/c1-13(19-12-20-23(29-20)24(28)30-19)14-5-7-16-15(10-14)6-8-18-17(16)11-22-26(31-22)9-3-4-21(27)25(18,26)2/h3-5,7,10,13,17-20,22-24,28H,6,8-9,11-12H2,1-2H3/t13-,17-,18-,19-,20-,22-,23-,24+,25-,26-/m0/s1. The Bertz CT molecular complexity index is 1000. The summed E-state index contributed by atoms with van der Waals surface area (Å²) in [4.78, 5) is 13.1. The predicted molar refractivity (Wildman–Crippen MR) is 113 cm³/mol. The van der Waals surface area contributed by atoms with E-state index in [0.29, 0.717) is 11.8 Å². The molecule has 0 aromatic heterocycles. The van der Waals surface area contributed by atoms with E-state index in [-0.39, 0.29) is 41.7 Å². The third kappa shape index (κ3) is 2.38. The van der Waals surface area contributed by atoms with Gasteiger partial charge in [-0.1, -0.05) is 31.2 Å². The van der Waals surface area contributed by atoms with Gasteiger partial charge in [0.25, 0.3) is 0 Å². The van der Waals surface area contributed by atoms with E-state index in [2.05, 4.69) is 32.0 Å². The Morgan fingerprint density at radius 3 is 2.94 bits per heavy atom. The third-order valence-electron chi connectivity index (χ3n) is 9.65. The summed E-state index contributed by atoms with van der Waals surface area (Å²) in [5.74, 6) is 1.21. The molecule has 1 aromatic rings. The molecular weight excluding hydrogens is 392 g/mol. The van der Waals surface area contributed by atoms with E-state index in [4.69, 9.17) is 14.2 Å². The van der Waals surface area contributed by atoms with Crippen LogP contribution in [0.15, 0.2) is 30.4 Å². The first-order valence-electron chi connectivity index (χ1n) is 11.9. The van der Waals surface area contributed by atoms with Crippen molar-refractivity contribution >= 4 is 5.78 Å². The summed E-state index contributed by atoms with van der Waals surface area (Å²) in [6, 6.07) is 6.89. The minimum absolute atomic E-state index is 0.0196. The van der Waals surface area contributed by atoms with Crippen LogP contribution in [0, 0.1) is 11.3 Å². The first-order chi connectivity index (χ1) is 14.9. The molecule has 5 heteroatoms. The number of allylic oxidation sites excluding steroid dienone is 1. The van der Waals surface area contributed by atoms with Gasteiger partial charge in [0, 0.05) is 12.3 Å². The van der Waals surface area contributed by atoms with E-state index in [1.54, 1.807) is 6.08 Å². The highest BCUT2D eigenvalue weighted by molar-refractivity contribution is 5.98. The first-order valence-corrected chi connectivity index (χ1v) is 11.9. The van der Waals surface area contributed by atoms with E-state index in [9.17, 15) is 9.90 Å². The number of rotatable bonds is 2. The number of aryl methyl sites for hydroxylation is 1. The average Bonchev–Trinajstić information content (AvgIpc) is 3.67. The summed E-state index contributed by atoms with van der Waals surface area (Å²) in [6.45, 7) is 4.37. The van der Waals surface area contributed by atoms with Crippen molar-refractivity contribution in [2.45, 2.75) is 94.1 Å². The van der Waals surface area contributed by atoms with Gasteiger partial charge in [0.2, 0.25) is 0 Å². The molecule has 7 rings (SSSR count). The molecule has 4 fully saturated rings. The van der Waals surface area contributed by atoms with Crippen LogP contribution in [-0.2, 0) is 25.4 Å². The van der Waals surface area contributed by atoms with Gasteiger partial charge in [-0.15, -0.1) is 0 Å². The fourth-order valence-electron chi connectivity index (χ4n) is 7.63. The number of ether oxygens (including phenoxy) is 3. The average molecular weight is 423 g/mol. The van der Waals surface area contributed by atoms with Gasteiger partial charge >= 0.3 is 0 Å². The lowest BCUT2D eigenvalue weighted by atomic mass is 9.49. The van der Waals surface area contributed by atoms with Crippen LogP contribution in [0.4, 0.5) is 0 Å². The summed E-state index contributed by atoms with van der Waals surface area (Å²) in [7, 11) is 0. The van der Waals surface area contributed by atoms with E-state index in [1.165, 1.54) is 16.7 Å². The van der Waals surface area contributed by atoms with Crippen LogP contribution in [0.2, 0.25) is 0 Å². The number of fused-ring (bicyclic) bond motifs is 5. The zero-order valence-electron chi connectivity index (χ0n) is 18.1. The number of epoxide rings is 2. The molecule has 3 heterocycles. The molecule has 1 spiro atoms. The van der Waals surface area contributed by atoms with Crippen LogP contribution in [-0.4, -0.2) is 47.2 Å². The molecule has 164 valence electrons. The molecule has 1 saturated carbocycles. The maximum Gasteiger partial charge on any atom is 0.184 e. The molecule has 0 radical (unpaired) electrons. The lowest BCUT2D eigenvalue weighted by Gasteiger charge is -2.51. The number of hydrogen-bond acceptors (Lipinski definition) is 5.